The molecule has 2 rings (SSSR count). The van der Waals surface area contributed by atoms with Gasteiger partial charge in [0.2, 0.25) is 0 Å². The molecule has 0 aromatic heterocycles. The second-order valence-electron chi connectivity index (χ2n) is 3.76. The molecule has 0 fully saturated rings. The van der Waals surface area contributed by atoms with Gasteiger partial charge in [0.1, 0.15) is 17.2 Å². The van der Waals surface area contributed by atoms with Gasteiger partial charge in [-0.3, -0.25) is 0 Å². The van der Waals surface area contributed by atoms with Crippen molar-refractivity contribution in [3.05, 3.63) is 54.1 Å². The highest BCUT2D eigenvalue weighted by atomic mass is 16.5. The van der Waals surface area contributed by atoms with Crippen molar-refractivity contribution in [1.82, 2.24) is 5.48 Å². The van der Waals surface area contributed by atoms with Crippen LogP contribution in [0.25, 0.3) is 0 Å². The fraction of sp³-hybridized carbons (Fsp3) is 0.143. The zero-order chi connectivity index (χ0) is 12.8. The highest BCUT2D eigenvalue weighted by Crippen LogP contribution is 2.25. The number of hydrogen-bond donors (Lipinski definition) is 2. The Morgan fingerprint density at radius 1 is 1.00 bits per heavy atom. The van der Waals surface area contributed by atoms with Crippen LogP contribution in [0, 0.1) is 0 Å². The van der Waals surface area contributed by atoms with Gasteiger partial charge in [-0.15, -0.1) is 0 Å². The van der Waals surface area contributed by atoms with Crippen molar-refractivity contribution < 1.29 is 14.7 Å². The predicted octanol–water partition coefficient (Wildman–Crippen LogP) is 2.97. The molecule has 0 radical (unpaired) electrons. The van der Waals surface area contributed by atoms with Gasteiger partial charge in [-0.05, 0) is 29.8 Å². The van der Waals surface area contributed by atoms with Gasteiger partial charge in [0, 0.05) is 12.6 Å². The van der Waals surface area contributed by atoms with Crippen LogP contribution < -0.4 is 15.0 Å². The SMILES string of the molecule is COc1cccc(Oc2ccc(CNO)cc2)c1. The minimum Gasteiger partial charge on any atom is -0.497 e. The van der Waals surface area contributed by atoms with E-state index < -0.39 is 0 Å². The summed E-state index contributed by atoms with van der Waals surface area (Å²) in [6.45, 7) is 0.416. The van der Waals surface area contributed by atoms with Crippen LogP contribution in [-0.2, 0) is 6.54 Å². The van der Waals surface area contributed by atoms with E-state index in [1.54, 1.807) is 7.11 Å². The normalized spacial score (nSPS) is 10.1. The largest absolute Gasteiger partial charge is 0.497 e. The molecule has 4 heteroatoms. The summed E-state index contributed by atoms with van der Waals surface area (Å²) in [5.41, 5.74) is 3.09. The predicted molar refractivity (Wildman–Crippen MR) is 68.1 cm³/mol. The first-order chi connectivity index (χ1) is 8.81. The summed E-state index contributed by atoms with van der Waals surface area (Å²) in [6, 6.07) is 14.9. The molecule has 0 unspecified atom stereocenters. The number of hydroxylamine groups is 1. The summed E-state index contributed by atoms with van der Waals surface area (Å²) < 4.78 is 10.8. The third-order valence-corrected chi connectivity index (χ3v) is 2.48. The van der Waals surface area contributed by atoms with Gasteiger partial charge in [0.15, 0.2) is 0 Å². The van der Waals surface area contributed by atoms with Crippen molar-refractivity contribution in [3.63, 3.8) is 0 Å². The van der Waals surface area contributed by atoms with Gasteiger partial charge in [-0.1, -0.05) is 18.2 Å². The molecule has 0 spiro atoms. The number of methoxy groups -OCH3 is 1. The van der Waals surface area contributed by atoms with E-state index in [9.17, 15) is 0 Å². The van der Waals surface area contributed by atoms with Gasteiger partial charge in [-0.2, -0.15) is 0 Å². The molecule has 0 atom stereocenters. The van der Waals surface area contributed by atoms with Crippen molar-refractivity contribution >= 4 is 0 Å². The molecule has 0 bridgehead atoms. The van der Waals surface area contributed by atoms with E-state index >= 15 is 0 Å². The zero-order valence-corrected chi connectivity index (χ0v) is 10.1. The van der Waals surface area contributed by atoms with Gasteiger partial charge >= 0.3 is 0 Å². The molecule has 0 heterocycles. The Labute approximate surface area is 106 Å². The molecule has 2 aromatic carbocycles. The molecule has 0 aliphatic rings. The first kappa shape index (κ1) is 12.4. The van der Waals surface area contributed by atoms with Crippen molar-refractivity contribution in [2.75, 3.05) is 7.11 Å². The van der Waals surface area contributed by atoms with Gasteiger partial charge in [0.05, 0.1) is 7.11 Å². The molecule has 0 aliphatic carbocycles. The molecule has 2 N–H and O–H groups in total. The summed E-state index contributed by atoms with van der Waals surface area (Å²) in [4.78, 5) is 0. The molecule has 18 heavy (non-hydrogen) atoms. The third kappa shape index (κ3) is 3.23. The second kappa shape index (κ2) is 6.05. The Kier molecular flexibility index (Phi) is 4.17. The van der Waals surface area contributed by atoms with E-state index in [0.29, 0.717) is 6.54 Å². The first-order valence-electron chi connectivity index (χ1n) is 5.59. The highest BCUT2D eigenvalue weighted by molar-refractivity contribution is 5.37. The summed E-state index contributed by atoms with van der Waals surface area (Å²) >= 11 is 0. The quantitative estimate of drug-likeness (QED) is 0.795. The van der Waals surface area contributed by atoms with Crippen LogP contribution in [0.2, 0.25) is 0 Å². The topological polar surface area (TPSA) is 50.7 Å². The van der Waals surface area contributed by atoms with Crippen LogP contribution >= 0.6 is 0 Å². The Balaban J connectivity index is 2.08. The molecule has 4 nitrogen and oxygen atoms in total. The van der Waals surface area contributed by atoms with Crippen molar-refractivity contribution in [2.45, 2.75) is 6.54 Å². The number of rotatable bonds is 5. The van der Waals surface area contributed by atoms with Crippen LogP contribution in [0.1, 0.15) is 5.56 Å². The molecule has 94 valence electrons. The highest BCUT2D eigenvalue weighted by Gasteiger charge is 1.99. The molecule has 0 aliphatic heterocycles. The Bertz CT molecular complexity index is 497. The van der Waals surface area contributed by atoms with E-state index in [1.165, 1.54) is 0 Å². The fourth-order valence-electron chi connectivity index (χ4n) is 1.57. The van der Waals surface area contributed by atoms with Crippen LogP contribution in [0.4, 0.5) is 0 Å². The van der Waals surface area contributed by atoms with Crippen LogP contribution in [0.15, 0.2) is 48.5 Å². The van der Waals surface area contributed by atoms with E-state index in [4.69, 9.17) is 14.7 Å². The minimum atomic E-state index is 0.416. The third-order valence-electron chi connectivity index (χ3n) is 2.48. The summed E-state index contributed by atoms with van der Waals surface area (Å²) in [6.07, 6.45) is 0. The van der Waals surface area contributed by atoms with E-state index in [1.807, 2.05) is 48.5 Å². The lowest BCUT2D eigenvalue weighted by atomic mass is 10.2. The summed E-state index contributed by atoms with van der Waals surface area (Å²) in [5, 5.41) is 8.59. The monoisotopic (exact) mass is 245 g/mol. The van der Waals surface area contributed by atoms with Crippen LogP contribution in [0.5, 0.6) is 17.2 Å². The Morgan fingerprint density at radius 3 is 2.39 bits per heavy atom. The molecule has 0 saturated carbocycles. The fourth-order valence-corrected chi connectivity index (χ4v) is 1.57. The zero-order valence-electron chi connectivity index (χ0n) is 10.1. The maximum atomic E-state index is 8.59. The van der Waals surface area contributed by atoms with E-state index in [2.05, 4.69) is 5.48 Å². The number of ether oxygens (including phenoxy) is 2. The van der Waals surface area contributed by atoms with Crippen LogP contribution in [0.3, 0.4) is 0 Å². The lowest BCUT2D eigenvalue weighted by Gasteiger charge is -2.08. The first-order valence-corrected chi connectivity index (χ1v) is 5.59. The molecule has 0 saturated heterocycles. The Hall–Kier alpha value is -2.04. The van der Waals surface area contributed by atoms with Crippen molar-refractivity contribution in [3.8, 4) is 17.2 Å². The summed E-state index contributed by atoms with van der Waals surface area (Å²) in [5.74, 6) is 2.22. The molecule has 0 amide bonds. The van der Waals surface area contributed by atoms with Crippen LogP contribution in [-0.4, -0.2) is 12.3 Å². The average molecular weight is 245 g/mol. The maximum absolute atomic E-state index is 8.59. The maximum Gasteiger partial charge on any atom is 0.131 e. The second-order valence-corrected chi connectivity index (χ2v) is 3.76. The van der Waals surface area contributed by atoms with Gasteiger partial charge in [0.25, 0.3) is 0 Å². The average Bonchev–Trinajstić information content (AvgIpc) is 2.42. The number of nitrogens with one attached hydrogen (secondary N) is 1. The Morgan fingerprint density at radius 2 is 1.72 bits per heavy atom. The summed E-state index contributed by atoms with van der Waals surface area (Å²) in [7, 11) is 1.62. The number of hydrogen-bond acceptors (Lipinski definition) is 4. The lowest BCUT2D eigenvalue weighted by Crippen LogP contribution is -2.05. The minimum absolute atomic E-state index is 0.416. The molecular weight excluding hydrogens is 230 g/mol. The van der Waals surface area contributed by atoms with Crippen molar-refractivity contribution in [1.29, 1.82) is 0 Å². The lowest BCUT2D eigenvalue weighted by molar-refractivity contribution is 0.161. The number of benzene rings is 2. The smallest absolute Gasteiger partial charge is 0.131 e. The van der Waals surface area contributed by atoms with Crippen molar-refractivity contribution in [2.24, 2.45) is 0 Å². The standard InChI is InChI=1S/C14H15NO3/c1-17-13-3-2-4-14(9-13)18-12-7-5-11(6-8-12)10-15-16/h2-9,15-16H,10H2,1H3. The molecule has 2 aromatic rings. The molecular formula is C14H15NO3. The van der Waals surface area contributed by atoms with Gasteiger partial charge in [-0.25, -0.2) is 5.48 Å². The van der Waals surface area contributed by atoms with Gasteiger partial charge < -0.3 is 14.7 Å². The van der Waals surface area contributed by atoms with E-state index in [-0.39, 0.29) is 0 Å². The van der Waals surface area contributed by atoms with E-state index in [0.717, 1.165) is 22.8 Å².